The summed E-state index contributed by atoms with van der Waals surface area (Å²) in [6, 6.07) is 9.22. The molecular formula is C20H17ClN2O7S. The average Bonchev–Trinajstić information content (AvgIpc) is 3.09. The molecule has 2 aromatic carbocycles. The number of nitrogens with one attached hydrogen (secondary N) is 1. The fraction of sp³-hybridized carbons (Fsp3) is 0.200. The zero-order valence-corrected chi connectivity index (χ0v) is 18.0. The molecule has 1 N–H and O–H groups in total. The quantitative estimate of drug-likeness (QED) is 0.292. The van der Waals surface area contributed by atoms with Gasteiger partial charge in [0.2, 0.25) is 0 Å². The molecule has 3 rings (SSSR count). The Hall–Kier alpha value is -3.37. The van der Waals surface area contributed by atoms with Crippen LogP contribution in [0.3, 0.4) is 0 Å². The lowest BCUT2D eigenvalue weighted by molar-refractivity contribution is -0.384. The van der Waals surface area contributed by atoms with Crippen molar-refractivity contribution < 1.29 is 28.7 Å². The molecule has 0 spiro atoms. The fourth-order valence-electron chi connectivity index (χ4n) is 2.71. The van der Waals surface area contributed by atoms with Gasteiger partial charge in [-0.05, 0) is 37.3 Å². The van der Waals surface area contributed by atoms with Crippen LogP contribution in [0.1, 0.15) is 16.6 Å². The Labute approximate surface area is 185 Å². The van der Waals surface area contributed by atoms with E-state index in [9.17, 15) is 19.7 Å². The Morgan fingerprint density at radius 3 is 2.61 bits per heavy atom. The van der Waals surface area contributed by atoms with Gasteiger partial charge in [0, 0.05) is 10.1 Å². The second kappa shape index (κ2) is 9.63. The lowest BCUT2D eigenvalue weighted by Gasteiger charge is -2.08. The van der Waals surface area contributed by atoms with Crippen LogP contribution in [0.2, 0.25) is 5.02 Å². The second-order valence-corrected chi connectivity index (χ2v) is 7.53. The molecule has 0 atom stereocenters. The topological polar surface area (TPSA) is 117 Å². The average molecular weight is 465 g/mol. The van der Waals surface area contributed by atoms with E-state index in [4.69, 9.17) is 25.8 Å². The number of rotatable bonds is 8. The molecule has 0 fully saturated rings. The number of esters is 1. The number of methoxy groups -OCH3 is 1. The van der Waals surface area contributed by atoms with Crippen LogP contribution in [0.4, 0.5) is 11.4 Å². The summed E-state index contributed by atoms with van der Waals surface area (Å²) in [5, 5.41) is 14.5. The summed E-state index contributed by atoms with van der Waals surface area (Å²) in [5.41, 5.74) is -0.381. The van der Waals surface area contributed by atoms with Gasteiger partial charge in [-0.15, -0.1) is 11.3 Å². The van der Waals surface area contributed by atoms with E-state index in [1.165, 1.54) is 25.3 Å². The van der Waals surface area contributed by atoms with Gasteiger partial charge in [0.25, 0.3) is 11.6 Å². The van der Waals surface area contributed by atoms with Crippen LogP contribution in [-0.4, -0.2) is 37.1 Å². The first-order valence-electron chi connectivity index (χ1n) is 8.98. The minimum atomic E-state index is -0.776. The first-order chi connectivity index (χ1) is 14.8. The monoisotopic (exact) mass is 464 g/mol. The number of nitro benzene ring substituents is 1. The molecular weight excluding hydrogens is 448 g/mol. The maximum Gasteiger partial charge on any atom is 0.350 e. The van der Waals surface area contributed by atoms with Crippen molar-refractivity contribution >= 4 is 56.3 Å². The van der Waals surface area contributed by atoms with Crippen molar-refractivity contribution in [3.8, 4) is 11.5 Å². The highest BCUT2D eigenvalue weighted by Gasteiger charge is 2.21. The lowest BCUT2D eigenvalue weighted by atomic mass is 10.2. The minimum absolute atomic E-state index is 0.0403. The maximum atomic E-state index is 12.4. The van der Waals surface area contributed by atoms with E-state index < -0.39 is 23.4 Å². The first kappa shape index (κ1) is 22.3. The number of nitrogens with zero attached hydrogens (tertiary/aromatic N) is 1. The molecule has 1 amide bonds. The molecule has 0 bridgehead atoms. The van der Waals surface area contributed by atoms with E-state index in [-0.39, 0.29) is 21.3 Å². The number of ether oxygens (including phenoxy) is 3. The van der Waals surface area contributed by atoms with E-state index in [2.05, 4.69) is 5.32 Å². The standard InChI is InChI=1S/C20H17ClN2O7S/c1-3-29-12-5-7-14(15(8-12)23(26)27)22-17(24)10-30-20(25)19-18(21)13-6-4-11(28-2)9-16(13)31-19/h4-9H,3,10H2,1-2H3,(H,22,24). The smallest absolute Gasteiger partial charge is 0.350 e. The number of carbonyl (C=O) groups is 2. The van der Waals surface area contributed by atoms with Gasteiger partial charge in [-0.1, -0.05) is 11.6 Å². The number of hydrogen-bond donors (Lipinski definition) is 1. The molecule has 0 aliphatic rings. The van der Waals surface area contributed by atoms with Crippen molar-refractivity contribution in [1.29, 1.82) is 0 Å². The number of nitro groups is 1. The van der Waals surface area contributed by atoms with Crippen LogP contribution in [0.5, 0.6) is 11.5 Å². The van der Waals surface area contributed by atoms with E-state index in [1.807, 2.05) is 0 Å². The number of thiophene rings is 1. The van der Waals surface area contributed by atoms with Crippen molar-refractivity contribution in [3.63, 3.8) is 0 Å². The van der Waals surface area contributed by atoms with Gasteiger partial charge in [0.1, 0.15) is 22.1 Å². The van der Waals surface area contributed by atoms with Crippen LogP contribution in [0.15, 0.2) is 36.4 Å². The molecule has 0 unspecified atom stereocenters. The summed E-state index contributed by atoms with van der Waals surface area (Å²) < 4.78 is 16.2. The van der Waals surface area contributed by atoms with Crippen LogP contribution < -0.4 is 14.8 Å². The molecule has 0 aliphatic carbocycles. The number of halogens is 1. The third-order valence-corrected chi connectivity index (χ3v) is 5.74. The van der Waals surface area contributed by atoms with Gasteiger partial charge in [0.05, 0.1) is 29.7 Å². The van der Waals surface area contributed by atoms with E-state index in [0.717, 1.165) is 16.0 Å². The highest BCUT2D eigenvalue weighted by atomic mass is 35.5. The number of anilines is 1. The van der Waals surface area contributed by atoms with Gasteiger partial charge >= 0.3 is 5.97 Å². The predicted molar refractivity (Wildman–Crippen MR) is 117 cm³/mol. The van der Waals surface area contributed by atoms with Crippen molar-refractivity contribution in [2.24, 2.45) is 0 Å². The number of amides is 1. The second-order valence-electron chi connectivity index (χ2n) is 6.10. The van der Waals surface area contributed by atoms with Crippen LogP contribution in [-0.2, 0) is 9.53 Å². The zero-order chi connectivity index (χ0) is 22.5. The van der Waals surface area contributed by atoms with E-state index >= 15 is 0 Å². The number of hydrogen-bond acceptors (Lipinski definition) is 8. The van der Waals surface area contributed by atoms with E-state index in [0.29, 0.717) is 23.5 Å². The number of benzene rings is 2. The highest BCUT2D eigenvalue weighted by molar-refractivity contribution is 7.21. The third kappa shape index (κ3) is 5.04. The van der Waals surface area contributed by atoms with Crippen LogP contribution in [0.25, 0.3) is 10.1 Å². The summed E-state index contributed by atoms with van der Waals surface area (Å²) in [6.07, 6.45) is 0. The summed E-state index contributed by atoms with van der Waals surface area (Å²) >= 11 is 7.38. The Morgan fingerprint density at radius 1 is 1.19 bits per heavy atom. The predicted octanol–water partition coefficient (Wildman–Crippen LogP) is 4.67. The van der Waals surface area contributed by atoms with E-state index in [1.54, 1.807) is 25.1 Å². The molecule has 0 saturated heterocycles. The third-order valence-electron chi connectivity index (χ3n) is 4.11. The molecule has 1 heterocycles. The molecule has 9 nitrogen and oxygen atoms in total. The number of carbonyl (C=O) groups excluding carboxylic acids is 2. The molecule has 0 radical (unpaired) electrons. The van der Waals surface area contributed by atoms with Crippen LogP contribution >= 0.6 is 22.9 Å². The zero-order valence-electron chi connectivity index (χ0n) is 16.5. The summed E-state index contributed by atoms with van der Waals surface area (Å²) in [6.45, 7) is 1.44. The Bertz CT molecular complexity index is 1160. The molecule has 11 heteroatoms. The molecule has 31 heavy (non-hydrogen) atoms. The molecule has 1 aromatic heterocycles. The van der Waals surface area contributed by atoms with Gasteiger partial charge in [-0.3, -0.25) is 14.9 Å². The number of fused-ring (bicyclic) bond motifs is 1. The van der Waals surface area contributed by atoms with Gasteiger partial charge in [0.15, 0.2) is 6.61 Å². The fourth-order valence-corrected chi connectivity index (χ4v) is 4.14. The Morgan fingerprint density at radius 2 is 1.94 bits per heavy atom. The molecule has 3 aromatic rings. The lowest BCUT2D eigenvalue weighted by Crippen LogP contribution is -2.21. The summed E-state index contributed by atoms with van der Waals surface area (Å²) in [5.74, 6) is -0.600. The maximum absolute atomic E-state index is 12.4. The van der Waals surface area contributed by atoms with Gasteiger partial charge < -0.3 is 19.5 Å². The molecule has 0 aliphatic heterocycles. The molecule has 0 saturated carbocycles. The van der Waals surface area contributed by atoms with Crippen molar-refractivity contribution in [2.45, 2.75) is 6.92 Å². The minimum Gasteiger partial charge on any atom is -0.497 e. The SMILES string of the molecule is CCOc1ccc(NC(=O)COC(=O)c2sc3cc(OC)ccc3c2Cl)c([N+](=O)[O-])c1. The van der Waals surface area contributed by atoms with Gasteiger partial charge in [-0.25, -0.2) is 4.79 Å². The Kier molecular flexibility index (Phi) is 6.93. The Balaban J connectivity index is 1.68. The van der Waals surface area contributed by atoms with Crippen molar-refractivity contribution in [2.75, 3.05) is 25.6 Å². The van der Waals surface area contributed by atoms with Gasteiger partial charge in [-0.2, -0.15) is 0 Å². The highest BCUT2D eigenvalue weighted by Crippen LogP contribution is 2.37. The largest absolute Gasteiger partial charge is 0.497 e. The summed E-state index contributed by atoms with van der Waals surface area (Å²) in [7, 11) is 1.53. The molecule has 162 valence electrons. The summed E-state index contributed by atoms with van der Waals surface area (Å²) in [4.78, 5) is 35.4. The van der Waals surface area contributed by atoms with Crippen molar-refractivity contribution in [3.05, 3.63) is 56.4 Å². The van der Waals surface area contributed by atoms with Crippen LogP contribution in [0, 0.1) is 10.1 Å². The normalized spacial score (nSPS) is 10.5. The van der Waals surface area contributed by atoms with Crippen molar-refractivity contribution in [1.82, 2.24) is 0 Å². The first-order valence-corrected chi connectivity index (χ1v) is 10.2.